The molecule has 1 atom stereocenters. The molecule has 1 N–H and O–H groups in total. The fourth-order valence-electron chi connectivity index (χ4n) is 2.50. The molecule has 0 aromatic carbocycles. The largest absolute Gasteiger partial charge is 0.394 e. The van der Waals surface area contributed by atoms with Gasteiger partial charge in [0.25, 0.3) is 0 Å². The van der Waals surface area contributed by atoms with Gasteiger partial charge in [-0.1, -0.05) is 0 Å². The molecule has 1 saturated heterocycles. The SMILES string of the molecule is Cn1ncc2c(N3CCCC3CO)nc(Cl)nc21. The Morgan fingerprint density at radius 1 is 1.50 bits per heavy atom. The Hall–Kier alpha value is -1.40. The maximum Gasteiger partial charge on any atom is 0.226 e. The summed E-state index contributed by atoms with van der Waals surface area (Å²) in [6.07, 6.45) is 3.77. The maximum absolute atomic E-state index is 9.41. The van der Waals surface area contributed by atoms with Crippen LogP contribution in [0.2, 0.25) is 5.28 Å². The number of hydrogen-bond donors (Lipinski definition) is 1. The number of aliphatic hydroxyl groups is 1. The average Bonchev–Trinajstić information content (AvgIpc) is 2.96. The van der Waals surface area contributed by atoms with Crippen molar-refractivity contribution in [3.63, 3.8) is 0 Å². The Morgan fingerprint density at radius 3 is 3.11 bits per heavy atom. The molecule has 0 radical (unpaired) electrons. The van der Waals surface area contributed by atoms with Gasteiger partial charge in [0.05, 0.1) is 24.2 Å². The van der Waals surface area contributed by atoms with Gasteiger partial charge in [-0.25, -0.2) is 0 Å². The third-order valence-electron chi connectivity index (χ3n) is 3.40. The first-order valence-corrected chi connectivity index (χ1v) is 6.31. The Morgan fingerprint density at radius 2 is 2.33 bits per heavy atom. The first-order chi connectivity index (χ1) is 8.70. The van der Waals surface area contributed by atoms with E-state index in [4.69, 9.17) is 11.6 Å². The number of aliphatic hydroxyl groups excluding tert-OH is 1. The van der Waals surface area contributed by atoms with E-state index < -0.39 is 0 Å². The van der Waals surface area contributed by atoms with Gasteiger partial charge in [-0.05, 0) is 24.4 Å². The molecular formula is C11H14ClN5O. The fourth-order valence-corrected chi connectivity index (χ4v) is 2.66. The highest BCUT2D eigenvalue weighted by Gasteiger charge is 2.27. The highest BCUT2D eigenvalue weighted by Crippen LogP contribution is 2.30. The third kappa shape index (κ3) is 1.72. The number of nitrogens with zero attached hydrogens (tertiary/aromatic N) is 5. The molecule has 3 heterocycles. The van der Waals surface area contributed by atoms with Crippen molar-refractivity contribution >= 4 is 28.5 Å². The molecule has 18 heavy (non-hydrogen) atoms. The topological polar surface area (TPSA) is 67.1 Å². The first-order valence-electron chi connectivity index (χ1n) is 5.93. The number of aromatic nitrogens is 4. The summed E-state index contributed by atoms with van der Waals surface area (Å²) in [7, 11) is 1.82. The molecule has 6 nitrogen and oxygen atoms in total. The minimum absolute atomic E-state index is 0.111. The van der Waals surface area contributed by atoms with Crippen LogP contribution < -0.4 is 4.90 Å². The van der Waals surface area contributed by atoms with Crippen LogP contribution in [0.5, 0.6) is 0 Å². The van der Waals surface area contributed by atoms with Crippen LogP contribution in [-0.2, 0) is 7.05 Å². The Balaban J connectivity index is 2.16. The van der Waals surface area contributed by atoms with Crippen molar-refractivity contribution in [3.8, 4) is 0 Å². The summed E-state index contributed by atoms with van der Waals surface area (Å²) >= 11 is 5.97. The molecule has 7 heteroatoms. The molecule has 2 aromatic rings. The van der Waals surface area contributed by atoms with Crippen LogP contribution in [0.1, 0.15) is 12.8 Å². The van der Waals surface area contributed by atoms with Gasteiger partial charge in [0.1, 0.15) is 5.82 Å². The molecule has 96 valence electrons. The smallest absolute Gasteiger partial charge is 0.226 e. The number of anilines is 1. The molecule has 1 aliphatic rings. The van der Waals surface area contributed by atoms with Crippen LogP contribution in [0.4, 0.5) is 5.82 Å². The second-order valence-electron chi connectivity index (χ2n) is 4.49. The normalized spacial score (nSPS) is 19.9. The van der Waals surface area contributed by atoms with Crippen molar-refractivity contribution in [2.45, 2.75) is 18.9 Å². The lowest BCUT2D eigenvalue weighted by Gasteiger charge is -2.24. The average molecular weight is 268 g/mol. The molecule has 0 bridgehead atoms. The van der Waals surface area contributed by atoms with Gasteiger partial charge in [-0.2, -0.15) is 15.1 Å². The summed E-state index contributed by atoms with van der Waals surface area (Å²) < 4.78 is 1.68. The standard InChI is InChI=1S/C11H14ClN5O/c1-16-9-8(5-13-16)10(15-11(12)14-9)17-4-2-3-7(17)6-18/h5,7,18H,2-4,6H2,1H3. The summed E-state index contributed by atoms with van der Waals surface area (Å²) in [5, 5.41) is 14.7. The second kappa shape index (κ2) is 4.37. The second-order valence-corrected chi connectivity index (χ2v) is 4.83. The molecule has 0 aliphatic carbocycles. The van der Waals surface area contributed by atoms with Crippen LogP contribution in [0.15, 0.2) is 6.20 Å². The zero-order valence-corrected chi connectivity index (χ0v) is 10.8. The van der Waals surface area contributed by atoms with Crippen LogP contribution in [-0.4, -0.2) is 44.0 Å². The van der Waals surface area contributed by atoms with Crippen LogP contribution in [0.25, 0.3) is 11.0 Å². The number of halogens is 1. The van der Waals surface area contributed by atoms with E-state index in [1.165, 1.54) is 0 Å². The van der Waals surface area contributed by atoms with Crippen molar-refractivity contribution in [3.05, 3.63) is 11.5 Å². The molecule has 0 saturated carbocycles. The number of rotatable bonds is 2. The number of aryl methyl sites for hydroxylation is 1. The lowest BCUT2D eigenvalue weighted by atomic mass is 10.2. The minimum Gasteiger partial charge on any atom is -0.394 e. The Labute approximate surface area is 109 Å². The van der Waals surface area contributed by atoms with E-state index in [2.05, 4.69) is 20.0 Å². The summed E-state index contributed by atoms with van der Waals surface area (Å²) in [4.78, 5) is 10.6. The molecule has 0 amide bonds. The lowest BCUT2D eigenvalue weighted by molar-refractivity contribution is 0.266. The fraction of sp³-hybridized carbons (Fsp3) is 0.545. The zero-order chi connectivity index (χ0) is 12.7. The van der Waals surface area contributed by atoms with Crippen LogP contribution in [0.3, 0.4) is 0 Å². The predicted molar refractivity (Wildman–Crippen MR) is 68.8 cm³/mol. The minimum atomic E-state index is 0.111. The van der Waals surface area contributed by atoms with Crippen molar-refractivity contribution in [1.29, 1.82) is 0 Å². The maximum atomic E-state index is 9.41. The lowest BCUT2D eigenvalue weighted by Crippen LogP contribution is -2.33. The Bertz CT molecular complexity index is 584. The zero-order valence-electron chi connectivity index (χ0n) is 10.0. The predicted octanol–water partition coefficient (Wildman–Crippen LogP) is 0.978. The van der Waals surface area contributed by atoms with Crippen LogP contribution in [0, 0.1) is 0 Å². The van der Waals surface area contributed by atoms with E-state index in [0.717, 1.165) is 30.6 Å². The van der Waals surface area contributed by atoms with Gasteiger partial charge in [0.15, 0.2) is 5.65 Å². The van der Waals surface area contributed by atoms with Gasteiger partial charge >= 0.3 is 0 Å². The highest BCUT2D eigenvalue weighted by atomic mass is 35.5. The molecule has 1 aliphatic heterocycles. The summed E-state index contributed by atoms with van der Waals surface area (Å²) in [6.45, 7) is 1.01. The van der Waals surface area contributed by atoms with E-state index in [9.17, 15) is 5.11 Å². The first kappa shape index (κ1) is 11.7. The molecule has 1 unspecified atom stereocenters. The van der Waals surface area contributed by atoms with Gasteiger partial charge in [0, 0.05) is 13.6 Å². The highest BCUT2D eigenvalue weighted by molar-refractivity contribution is 6.28. The quantitative estimate of drug-likeness (QED) is 0.822. The van der Waals surface area contributed by atoms with Gasteiger partial charge in [0.2, 0.25) is 5.28 Å². The molecular weight excluding hydrogens is 254 g/mol. The summed E-state index contributed by atoms with van der Waals surface area (Å²) in [5.41, 5.74) is 0.716. The van der Waals surface area contributed by atoms with E-state index >= 15 is 0 Å². The van der Waals surface area contributed by atoms with E-state index in [1.807, 2.05) is 7.05 Å². The van der Waals surface area contributed by atoms with Gasteiger partial charge < -0.3 is 10.0 Å². The van der Waals surface area contributed by atoms with Crippen molar-refractivity contribution in [2.75, 3.05) is 18.1 Å². The van der Waals surface area contributed by atoms with E-state index in [1.54, 1.807) is 10.9 Å². The van der Waals surface area contributed by atoms with Crippen LogP contribution >= 0.6 is 11.6 Å². The number of hydrogen-bond acceptors (Lipinski definition) is 5. The van der Waals surface area contributed by atoms with Gasteiger partial charge in [-0.3, -0.25) is 4.68 Å². The molecule has 2 aromatic heterocycles. The van der Waals surface area contributed by atoms with E-state index in [0.29, 0.717) is 5.65 Å². The third-order valence-corrected chi connectivity index (χ3v) is 3.57. The van der Waals surface area contributed by atoms with E-state index in [-0.39, 0.29) is 17.9 Å². The van der Waals surface area contributed by atoms with Gasteiger partial charge in [-0.15, -0.1) is 0 Å². The summed E-state index contributed by atoms with van der Waals surface area (Å²) in [6, 6.07) is 0.111. The summed E-state index contributed by atoms with van der Waals surface area (Å²) in [5.74, 6) is 0.773. The van der Waals surface area contributed by atoms with Crippen molar-refractivity contribution in [1.82, 2.24) is 19.7 Å². The number of fused-ring (bicyclic) bond motifs is 1. The molecule has 1 fully saturated rings. The molecule has 3 rings (SSSR count). The van der Waals surface area contributed by atoms with Crippen molar-refractivity contribution < 1.29 is 5.11 Å². The van der Waals surface area contributed by atoms with Crippen molar-refractivity contribution in [2.24, 2.45) is 7.05 Å². The molecule has 0 spiro atoms. The Kier molecular flexibility index (Phi) is 2.83. The monoisotopic (exact) mass is 267 g/mol.